The van der Waals surface area contributed by atoms with E-state index in [0.29, 0.717) is 31.6 Å². The quantitative estimate of drug-likeness (QED) is 0.631. The van der Waals surface area contributed by atoms with Gasteiger partial charge < -0.3 is 10.2 Å². The highest BCUT2D eigenvalue weighted by atomic mass is 16.4. The number of hydrogen-bond acceptors (Lipinski definition) is 2. The Labute approximate surface area is 122 Å². The summed E-state index contributed by atoms with van der Waals surface area (Å²) in [6.07, 6.45) is 3.04. The third kappa shape index (κ3) is 3.53. The van der Waals surface area contributed by atoms with Crippen LogP contribution in [0, 0.1) is 16.7 Å². The van der Waals surface area contributed by atoms with Crippen LogP contribution < -0.4 is 0 Å². The number of carboxylic acid groups (broad SMARTS) is 2. The standard InChI is InChI=1S/C16H30O4/c1-6-12(5)10-15(7-2,11-13(17)18)16(8-3,9-4)14(19)20/h12H,6-11H2,1-5H3,(H,17,18)(H,19,20). The van der Waals surface area contributed by atoms with Gasteiger partial charge in [-0.25, -0.2) is 0 Å². The summed E-state index contributed by atoms with van der Waals surface area (Å²) in [6, 6.07) is 0. The van der Waals surface area contributed by atoms with Crippen LogP contribution in [0.3, 0.4) is 0 Å². The molecule has 0 aromatic carbocycles. The predicted octanol–water partition coefficient (Wildman–Crippen LogP) is 4.18. The fraction of sp³-hybridized carbons (Fsp3) is 0.875. The van der Waals surface area contributed by atoms with E-state index in [-0.39, 0.29) is 6.42 Å². The lowest BCUT2D eigenvalue weighted by molar-refractivity contribution is -0.166. The van der Waals surface area contributed by atoms with E-state index >= 15 is 0 Å². The van der Waals surface area contributed by atoms with Gasteiger partial charge in [0.25, 0.3) is 0 Å². The van der Waals surface area contributed by atoms with Gasteiger partial charge in [0, 0.05) is 0 Å². The Balaban J connectivity index is 5.89. The second kappa shape index (κ2) is 7.65. The zero-order valence-electron chi connectivity index (χ0n) is 13.5. The van der Waals surface area contributed by atoms with Gasteiger partial charge >= 0.3 is 11.9 Å². The van der Waals surface area contributed by atoms with Gasteiger partial charge in [-0.05, 0) is 37.0 Å². The van der Waals surface area contributed by atoms with Crippen molar-refractivity contribution in [2.75, 3.05) is 0 Å². The molecule has 2 atom stereocenters. The largest absolute Gasteiger partial charge is 0.481 e. The van der Waals surface area contributed by atoms with Crippen molar-refractivity contribution in [2.45, 2.75) is 73.1 Å². The Morgan fingerprint density at radius 1 is 1.00 bits per heavy atom. The summed E-state index contributed by atoms with van der Waals surface area (Å²) in [5.41, 5.74) is -1.63. The fourth-order valence-electron chi connectivity index (χ4n) is 3.67. The highest BCUT2D eigenvalue weighted by Crippen LogP contribution is 2.54. The summed E-state index contributed by atoms with van der Waals surface area (Å²) < 4.78 is 0. The maximum atomic E-state index is 11.9. The Kier molecular flexibility index (Phi) is 7.25. The molecule has 0 fully saturated rings. The molecular weight excluding hydrogens is 256 g/mol. The summed E-state index contributed by atoms with van der Waals surface area (Å²) in [5, 5.41) is 19.1. The van der Waals surface area contributed by atoms with Crippen molar-refractivity contribution in [3.8, 4) is 0 Å². The molecule has 0 aromatic heterocycles. The van der Waals surface area contributed by atoms with Gasteiger partial charge in [-0.15, -0.1) is 0 Å². The first kappa shape index (κ1) is 18.9. The normalized spacial score (nSPS) is 16.4. The van der Waals surface area contributed by atoms with E-state index in [2.05, 4.69) is 13.8 Å². The topological polar surface area (TPSA) is 74.6 Å². The van der Waals surface area contributed by atoms with Crippen LogP contribution in [-0.2, 0) is 9.59 Å². The van der Waals surface area contributed by atoms with Crippen molar-refractivity contribution in [3.63, 3.8) is 0 Å². The van der Waals surface area contributed by atoms with Crippen LogP contribution in [0.4, 0.5) is 0 Å². The minimum atomic E-state index is -0.955. The van der Waals surface area contributed by atoms with Crippen LogP contribution in [-0.4, -0.2) is 22.2 Å². The van der Waals surface area contributed by atoms with Crippen molar-refractivity contribution in [1.82, 2.24) is 0 Å². The maximum Gasteiger partial charge on any atom is 0.310 e. The first-order chi connectivity index (χ1) is 9.25. The lowest BCUT2D eigenvalue weighted by Gasteiger charge is -2.48. The number of aliphatic carboxylic acids is 2. The van der Waals surface area contributed by atoms with E-state index in [1.165, 1.54) is 0 Å². The molecule has 118 valence electrons. The van der Waals surface area contributed by atoms with Gasteiger partial charge in [-0.2, -0.15) is 0 Å². The molecule has 0 saturated carbocycles. The van der Waals surface area contributed by atoms with E-state index in [9.17, 15) is 19.8 Å². The van der Waals surface area contributed by atoms with Crippen molar-refractivity contribution >= 4 is 11.9 Å². The average molecular weight is 286 g/mol. The van der Waals surface area contributed by atoms with Gasteiger partial charge in [-0.1, -0.05) is 41.0 Å². The molecule has 0 heterocycles. The molecule has 0 saturated heterocycles. The fourth-order valence-corrected chi connectivity index (χ4v) is 3.67. The molecule has 0 aliphatic heterocycles. The first-order valence-corrected chi connectivity index (χ1v) is 7.70. The Morgan fingerprint density at radius 3 is 1.75 bits per heavy atom. The number of carbonyl (C=O) groups is 2. The minimum Gasteiger partial charge on any atom is -0.481 e. The highest BCUT2D eigenvalue weighted by Gasteiger charge is 2.54. The van der Waals surface area contributed by atoms with Gasteiger partial charge in [0.05, 0.1) is 11.8 Å². The van der Waals surface area contributed by atoms with Crippen LogP contribution in [0.5, 0.6) is 0 Å². The second-order valence-electron chi connectivity index (χ2n) is 6.02. The number of rotatable bonds is 10. The molecule has 4 heteroatoms. The molecule has 0 spiro atoms. The van der Waals surface area contributed by atoms with E-state index in [0.717, 1.165) is 6.42 Å². The lowest BCUT2D eigenvalue weighted by atomic mass is 9.54. The molecule has 0 rings (SSSR count). The zero-order chi connectivity index (χ0) is 16.0. The lowest BCUT2D eigenvalue weighted by Crippen LogP contribution is -2.49. The Hall–Kier alpha value is -1.06. The monoisotopic (exact) mass is 286 g/mol. The minimum absolute atomic E-state index is 0.0676. The second-order valence-corrected chi connectivity index (χ2v) is 6.02. The molecule has 0 aromatic rings. The zero-order valence-corrected chi connectivity index (χ0v) is 13.5. The molecular formula is C16H30O4. The van der Waals surface area contributed by atoms with Crippen LogP contribution >= 0.6 is 0 Å². The summed E-state index contributed by atoms with van der Waals surface area (Å²) in [5.74, 6) is -1.43. The van der Waals surface area contributed by atoms with E-state index < -0.39 is 22.8 Å². The number of carboxylic acids is 2. The molecule has 0 bridgehead atoms. The van der Waals surface area contributed by atoms with Crippen molar-refractivity contribution in [1.29, 1.82) is 0 Å². The van der Waals surface area contributed by atoms with Crippen molar-refractivity contribution < 1.29 is 19.8 Å². The third-order valence-corrected chi connectivity index (χ3v) is 5.23. The molecule has 20 heavy (non-hydrogen) atoms. The number of hydrogen-bond donors (Lipinski definition) is 2. The van der Waals surface area contributed by atoms with Crippen LogP contribution in [0.1, 0.15) is 73.1 Å². The average Bonchev–Trinajstić information content (AvgIpc) is 2.38. The molecule has 0 radical (unpaired) electrons. The highest BCUT2D eigenvalue weighted by molar-refractivity contribution is 5.78. The van der Waals surface area contributed by atoms with Crippen LogP contribution in [0.15, 0.2) is 0 Å². The van der Waals surface area contributed by atoms with Crippen LogP contribution in [0.25, 0.3) is 0 Å². The molecule has 2 unspecified atom stereocenters. The van der Waals surface area contributed by atoms with Gasteiger partial charge in [0.2, 0.25) is 0 Å². The Bertz CT molecular complexity index is 333. The summed E-state index contributed by atoms with van der Waals surface area (Å²) >= 11 is 0. The molecule has 2 N–H and O–H groups in total. The van der Waals surface area contributed by atoms with Gasteiger partial charge in [0.15, 0.2) is 0 Å². The summed E-state index contributed by atoms with van der Waals surface area (Å²) in [7, 11) is 0. The maximum absolute atomic E-state index is 11.9. The van der Waals surface area contributed by atoms with E-state index in [1.807, 2.05) is 20.8 Å². The summed E-state index contributed by atoms with van der Waals surface area (Å²) in [6.45, 7) is 9.78. The molecule has 0 aliphatic rings. The van der Waals surface area contributed by atoms with E-state index in [4.69, 9.17) is 0 Å². The third-order valence-electron chi connectivity index (χ3n) is 5.23. The smallest absolute Gasteiger partial charge is 0.310 e. The Morgan fingerprint density at radius 2 is 1.50 bits per heavy atom. The SMILES string of the molecule is CCC(C)CC(CC)(CC(=O)O)C(CC)(CC)C(=O)O. The van der Waals surface area contributed by atoms with Gasteiger partial charge in [0.1, 0.15) is 0 Å². The van der Waals surface area contributed by atoms with Crippen LogP contribution in [0.2, 0.25) is 0 Å². The molecule has 0 aliphatic carbocycles. The first-order valence-electron chi connectivity index (χ1n) is 7.70. The molecule has 4 nitrogen and oxygen atoms in total. The van der Waals surface area contributed by atoms with E-state index in [1.54, 1.807) is 0 Å². The summed E-state index contributed by atoms with van der Waals surface area (Å²) in [4.78, 5) is 23.3. The predicted molar refractivity (Wildman–Crippen MR) is 79.7 cm³/mol. The van der Waals surface area contributed by atoms with Crippen molar-refractivity contribution in [3.05, 3.63) is 0 Å². The van der Waals surface area contributed by atoms with Crippen molar-refractivity contribution in [2.24, 2.45) is 16.7 Å². The molecule has 0 amide bonds. The van der Waals surface area contributed by atoms with Gasteiger partial charge in [-0.3, -0.25) is 9.59 Å².